The molecular weight excluding hydrogens is 178 g/mol. The number of rotatable bonds is 1. The predicted octanol–water partition coefficient (Wildman–Crippen LogP) is 0.814. The largest absolute Gasteiger partial charge is 0.454 e. The van der Waals surface area contributed by atoms with Gasteiger partial charge in [0.1, 0.15) is 6.04 Å². The molecule has 0 bridgehead atoms. The number of hydrogen-bond acceptors (Lipinski definition) is 2. The highest BCUT2D eigenvalue weighted by atomic mass is 16.7. The van der Waals surface area contributed by atoms with Gasteiger partial charge in [-0.15, -0.1) is 0 Å². The first kappa shape index (κ1) is 8.12. The van der Waals surface area contributed by atoms with Crippen molar-refractivity contribution >= 4 is 0 Å². The standard InChI is InChI=1S/C11H13NO2/c1-2-9(12-5-1)8-3-4-10-11(6-8)14-7-13-10/h3-4,6,9,12H,1-2,5,7H2/p+1/t9-/m0/s1. The van der Waals surface area contributed by atoms with Gasteiger partial charge in [0.2, 0.25) is 6.79 Å². The molecule has 3 heteroatoms. The Bertz CT molecular complexity index is 345. The fourth-order valence-corrected chi connectivity index (χ4v) is 2.22. The third-order valence-electron chi connectivity index (χ3n) is 3.00. The molecule has 0 unspecified atom stereocenters. The van der Waals surface area contributed by atoms with E-state index in [0.717, 1.165) is 11.5 Å². The van der Waals surface area contributed by atoms with Crippen molar-refractivity contribution in [2.24, 2.45) is 0 Å². The third-order valence-corrected chi connectivity index (χ3v) is 3.00. The molecule has 0 saturated carbocycles. The summed E-state index contributed by atoms with van der Waals surface area (Å²) < 4.78 is 10.6. The molecule has 3 nitrogen and oxygen atoms in total. The van der Waals surface area contributed by atoms with Crippen molar-refractivity contribution in [1.29, 1.82) is 0 Å². The summed E-state index contributed by atoms with van der Waals surface area (Å²) in [5.41, 5.74) is 1.37. The van der Waals surface area contributed by atoms with E-state index in [0.29, 0.717) is 12.8 Å². The van der Waals surface area contributed by atoms with Gasteiger partial charge in [-0.05, 0) is 18.2 Å². The fraction of sp³-hybridized carbons (Fsp3) is 0.455. The molecule has 2 heterocycles. The number of benzene rings is 1. The Hall–Kier alpha value is -1.22. The molecule has 1 fully saturated rings. The van der Waals surface area contributed by atoms with Gasteiger partial charge < -0.3 is 14.8 Å². The van der Waals surface area contributed by atoms with Crippen LogP contribution in [-0.2, 0) is 0 Å². The molecule has 0 aromatic heterocycles. The minimum atomic E-state index is 0.368. The van der Waals surface area contributed by atoms with Crippen LogP contribution in [0, 0.1) is 0 Å². The molecule has 2 N–H and O–H groups in total. The first-order valence-corrected chi connectivity index (χ1v) is 5.16. The topological polar surface area (TPSA) is 35.1 Å². The molecule has 1 aromatic carbocycles. The fourth-order valence-electron chi connectivity index (χ4n) is 2.22. The van der Waals surface area contributed by atoms with Crippen molar-refractivity contribution in [3.63, 3.8) is 0 Å². The number of quaternary nitrogens is 1. The minimum Gasteiger partial charge on any atom is -0.454 e. The molecule has 1 atom stereocenters. The normalized spacial score (nSPS) is 24.1. The Kier molecular flexibility index (Phi) is 1.84. The van der Waals surface area contributed by atoms with E-state index in [1.54, 1.807) is 0 Å². The van der Waals surface area contributed by atoms with Crippen molar-refractivity contribution in [2.45, 2.75) is 18.9 Å². The average Bonchev–Trinajstić information content (AvgIpc) is 2.88. The van der Waals surface area contributed by atoms with Crippen molar-refractivity contribution in [1.82, 2.24) is 0 Å². The van der Waals surface area contributed by atoms with Gasteiger partial charge >= 0.3 is 0 Å². The van der Waals surface area contributed by atoms with E-state index in [2.05, 4.69) is 17.4 Å². The minimum absolute atomic E-state index is 0.368. The maximum absolute atomic E-state index is 5.36. The maximum atomic E-state index is 5.36. The van der Waals surface area contributed by atoms with Gasteiger partial charge in [0.25, 0.3) is 0 Å². The van der Waals surface area contributed by atoms with Crippen LogP contribution < -0.4 is 14.8 Å². The van der Waals surface area contributed by atoms with Crippen molar-refractivity contribution < 1.29 is 14.8 Å². The summed E-state index contributed by atoms with van der Waals surface area (Å²) in [4.78, 5) is 0. The second-order valence-corrected chi connectivity index (χ2v) is 3.89. The van der Waals surface area contributed by atoms with Crippen LogP contribution in [0.25, 0.3) is 0 Å². The van der Waals surface area contributed by atoms with E-state index >= 15 is 0 Å². The molecular formula is C11H14NO2+. The molecule has 2 aliphatic heterocycles. The lowest BCUT2D eigenvalue weighted by atomic mass is 10.1. The zero-order valence-electron chi connectivity index (χ0n) is 8.03. The third kappa shape index (κ3) is 1.24. The van der Waals surface area contributed by atoms with Crippen molar-refractivity contribution in [3.05, 3.63) is 23.8 Å². The molecule has 0 amide bonds. The molecule has 0 spiro atoms. The Morgan fingerprint density at radius 2 is 2.14 bits per heavy atom. The average molecular weight is 192 g/mol. The van der Waals surface area contributed by atoms with Crippen molar-refractivity contribution in [3.8, 4) is 11.5 Å². The highest BCUT2D eigenvalue weighted by Gasteiger charge is 2.23. The number of fused-ring (bicyclic) bond motifs is 1. The van der Waals surface area contributed by atoms with Gasteiger partial charge in [0, 0.05) is 18.4 Å². The van der Waals surface area contributed by atoms with E-state index in [1.807, 2.05) is 6.07 Å². The van der Waals surface area contributed by atoms with Crippen LogP contribution in [0.3, 0.4) is 0 Å². The summed E-state index contributed by atoms with van der Waals surface area (Å²) in [6.07, 6.45) is 2.60. The van der Waals surface area contributed by atoms with Gasteiger partial charge in [-0.25, -0.2) is 0 Å². The highest BCUT2D eigenvalue weighted by molar-refractivity contribution is 5.45. The van der Waals surface area contributed by atoms with E-state index in [9.17, 15) is 0 Å². The van der Waals surface area contributed by atoms with Crippen LogP contribution in [-0.4, -0.2) is 13.3 Å². The maximum Gasteiger partial charge on any atom is 0.231 e. The first-order valence-electron chi connectivity index (χ1n) is 5.16. The Balaban J connectivity index is 1.91. The van der Waals surface area contributed by atoms with Gasteiger partial charge in [-0.1, -0.05) is 0 Å². The molecule has 14 heavy (non-hydrogen) atoms. The van der Waals surface area contributed by atoms with E-state index in [4.69, 9.17) is 9.47 Å². The quantitative estimate of drug-likeness (QED) is 0.714. The van der Waals surface area contributed by atoms with Crippen LogP contribution >= 0.6 is 0 Å². The second kappa shape index (κ2) is 3.17. The Morgan fingerprint density at radius 1 is 1.21 bits per heavy atom. The van der Waals surface area contributed by atoms with Crippen molar-refractivity contribution in [2.75, 3.05) is 13.3 Å². The molecule has 1 saturated heterocycles. The molecule has 3 rings (SSSR count). The lowest BCUT2D eigenvalue weighted by Gasteiger charge is -2.07. The summed E-state index contributed by atoms with van der Waals surface area (Å²) in [5.74, 6) is 1.79. The van der Waals surface area contributed by atoms with Crippen LogP contribution in [0.5, 0.6) is 11.5 Å². The Morgan fingerprint density at radius 3 is 3.00 bits per heavy atom. The molecule has 0 aliphatic carbocycles. The van der Waals surface area contributed by atoms with Crippen LogP contribution in [0.1, 0.15) is 24.4 Å². The number of ether oxygens (including phenoxy) is 2. The number of nitrogens with two attached hydrogens (primary N) is 1. The zero-order chi connectivity index (χ0) is 9.38. The molecule has 0 radical (unpaired) electrons. The number of hydrogen-bond donors (Lipinski definition) is 1. The van der Waals surface area contributed by atoms with E-state index < -0.39 is 0 Å². The van der Waals surface area contributed by atoms with E-state index in [-0.39, 0.29) is 0 Å². The lowest BCUT2D eigenvalue weighted by molar-refractivity contribution is -0.676. The summed E-state index contributed by atoms with van der Waals surface area (Å²) in [6, 6.07) is 6.92. The van der Waals surface area contributed by atoms with Gasteiger partial charge in [0.05, 0.1) is 6.54 Å². The molecule has 74 valence electrons. The summed E-state index contributed by atoms with van der Waals surface area (Å²) in [5, 5.41) is 2.40. The summed E-state index contributed by atoms with van der Waals surface area (Å²) >= 11 is 0. The first-order chi connectivity index (χ1) is 6.93. The smallest absolute Gasteiger partial charge is 0.231 e. The summed E-state index contributed by atoms with van der Waals surface area (Å²) in [6.45, 7) is 1.62. The van der Waals surface area contributed by atoms with Crippen LogP contribution in [0.2, 0.25) is 0 Å². The zero-order valence-corrected chi connectivity index (χ0v) is 8.03. The molecule has 2 aliphatic rings. The highest BCUT2D eigenvalue weighted by Crippen LogP contribution is 2.34. The lowest BCUT2D eigenvalue weighted by Crippen LogP contribution is -2.81. The Labute approximate surface area is 83.0 Å². The monoisotopic (exact) mass is 192 g/mol. The van der Waals surface area contributed by atoms with Crippen LogP contribution in [0.4, 0.5) is 0 Å². The van der Waals surface area contributed by atoms with E-state index in [1.165, 1.54) is 24.9 Å². The van der Waals surface area contributed by atoms with Gasteiger partial charge in [0.15, 0.2) is 11.5 Å². The summed E-state index contributed by atoms with van der Waals surface area (Å²) in [7, 11) is 0. The molecule has 1 aromatic rings. The predicted molar refractivity (Wildman–Crippen MR) is 51.3 cm³/mol. The van der Waals surface area contributed by atoms with Gasteiger partial charge in [-0.3, -0.25) is 0 Å². The van der Waals surface area contributed by atoms with Gasteiger partial charge in [-0.2, -0.15) is 0 Å². The van der Waals surface area contributed by atoms with Crippen LogP contribution in [0.15, 0.2) is 18.2 Å². The SMILES string of the molecule is c1cc2c(cc1[C@@H]1CCC[NH2+]1)OCO2. The second-order valence-electron chi connectivity index (χ2n) is 3.89.